The Morgan fingerprint density at radius 2 is 0.833 bits per heavy atom. The summed E-state index contributed by atoms with van der Waals surface area (Å²) in [7, 11) is -1.68. The van der Waals surface area contributed by atoms with Crippen LogP contribution in [0.1, 0.15) is 49.9 Å². The molecule has 0 fully saturated rings. The highest BCUT2D eigenvalue weighted by Gasteiger charge is 2.44. The van der Waals surface area contributed by atoms with Crippen LogP contribution in [0.15, 0.2) is 97.1 Å². The van der Waals surface area contributed by atoms with Crippen LogP contribution in [0.2, 0.25) is 0 Å². The van der Waals surface area contributed by atoms with E-state index in [0.717, 1.165) is 12.8 Å². The fourth-order valence-corrected chi connectivity index (χ4v) is 11.9. The minimum atomic E-state index is -2.63. The minimum Gasteiger partial charge on any atom is -0.391 e. The van der Waals surface area contributed by atoms with E-state index in [1.807, 2.05) is 13.8 Å². The molecule has 0 unspecified atom stereocenters. The summed E-state index contributed by atoms with van der Waals surface area (Å²) in [6.07, 6.45) is 1.96. The number of benzene rings is 4. The molecular weight excluding hydrogens is 553 g/mol. The third-order valence-corrected chi connectivity index (χ3v) is 14.8. The van der Waals surface area contributed by atoms with Gasteiger partial charge in [-0.15, -0.1) is 0 Å². The average Bonchev–Trinajstić information content (AvgIpc) is 3.03. The summed E-state index contributed by atoms with van der Waals surface area (Å²) >= 11 is 0. The molecule has 0 aromatic heterocycles. The van der Waals surface area contributed by atoms with Gasteiger partial charge >= 0.3 is 17.1 Å². The highest BCUT2D eigenvalue weighted by Crippen LogP contribution is 2.15. The van der Waals surface area contributed by atoms with Gasteiger partial charge in [-0.3, -0.25) is 0 Å². The van der Waals surface area contributed by atoms with Crippen molar-refractivity contribution >= 4 is 37.9 Å². The Morgan fingerprint density at radius 3 is 1.14 bits per heavy atom. The van der Waals surface area contributed by atoms with Gasteiger partial charge in [-0.05, 0) is 62.0 Å². The largest absolute Gasteiger partial charge is 0.407 e. The molecule has 0 spiro atoms. The van der Waals surface area contributed by atoms with Gasteiger partial charge in [0.25, 0.3) is 0 Å². The molecule has 0 atom stereocenters. The first-order valence-corrected chi connectivity index (χ1v) is 18.7. The lowest BCUT2D eigenvalue weighted by Gasteiger charge is -2.31. The maximum Gasteiger partial charge on any atom is 0.407 e. The van der Waals surface area contributed by atoms with E-state index >= 15 is 0 Å². The Labute approximate surface area is 256 Å². The molecular formula is C36H48O4Si2. The highest BCUT2D eigenvalue weighted by atomic mass is 28.4. The molecule has 6 heteroatoms. The van der Waals surface area contributed by atoms with Gasteiger partial charge in [0.2, 0.25) is 0 Å². The van der Waals surface area contributed by atoms with Crippen LogP contribution in [0.3, 0.4) is 0 Å². The van der Waals surface area contributed by atoms with Crippen LogP contribution in [0.25, 0.3) is 0 Å². The molecule has 4 rings (SSSR count). The smallest absolute Gasteiger partial charge is 0.391 e. The van der Waals surface area contributed by atoms with Gasteiger partial charge in [0.05, 0.1) is 0 Å². The van der Waals surface area contributed by atoms with Gasteiger partial charge in [0.15, 0.2) is 0 Å². The van der Waals surface area contributed by atoms with Crippen LogP contribution >= 0.6 is 0 Å². The van der Waals surface area contributed by atoms with Gasteiger partial charge in [-0.1, -0.05) is 122 Å². The van der Waals surface area contributed by atoms with Crippen LogP contribution in [0.5, 0.6) is 0 Å². The van der Waals surface area contributed by atoms with E-state index < -0.39 is 17.1 Å². The minimum absolute atomic E-state index is 0.647. The van der Waals surface area contributed by atoms with Crippen molar-refractivity contribution in [3.63, 3.8) is 0 Å². The first kappa shape index (κ1) is 33.7. The normalized spacial score (nSPS) is 11.6. The van der Waals surface area contributed by atoms with Crippen molar-refractivity contribution in [1.82, 2.24) is 0 Å². The molecule has 4 aromatic carbocycles. The monoisotopic (exact) mass is 600 g/mol. The summed E-state index contributed by atoms with van der Waals surface area (Å²) in [6.45, 7) is 13.9. The summed E-state index contributed by atoms with van der Waals surface area (Å²) in [5.41, 5.74) is 5.11. The topological polar surface area (TPSA) is 36.9 Å². The summed E-state index contributed by atoms with van der Waals surface area (Å²) < 4.78 is 24.6. The molecule has 0 N–H and O–H groups in total. The summed E-state index contributed by atoms with van der Waals surface area (Å²) in [4.78, 5) is 0. The second kappa shape index (κ2) is 16.1. The van der Waals surface area contributed by atoms with Crippen LogP contribution in [0, 0.1) is 13.8 Å². The molecule has 0 heterocycles. The van der Waals surface area contributed by atoms with Crippen molar-refractivity contribution < 1.29 is 17.7 Å². The Hall–Kier alpha value is -2.85. The van der Waals surface area contributed by atoms with Gasteiger partial charge in [0.1, 0.15) is 0 Å². The van der Waals surface area contributed by atoms with E-state index in [1.165, 1.54) is 43.0 Å². The Bertz CT molecular complexity index is 1260. The number of hydrogen-bond acceptors (Lipinski definition) is 4. The first-order chi connectivity index (χ1) is 20.3. The summed E-state index contributed by atoms with van der Waals surface area (Å²) in [5.74, 6) is 0. The summed E-state index contributed by atoms with van der Waals surface area (Å²) in [6, 6.07) is 34.1. The van der Waals surface area contributed by atoms with Crippen molar-refractivity contribution in [2.24, 2.45) is 0 Å². The molecule has 0 amide bonds. The lowest BCUT2D eigenvalue weighted by molar-refractivity contribution is 0.208. The Kier molecular flexibility index (Phi) is 12.9. The highest BCUT2D eigenvalue weighted by molar-refractivity contribution is 6.93. The van der Waals surface area contributed by atoms with Crippen molar-refractivity contribution in [3.05, 3.63) is 119 Å². The van der Waals surface area contributed by atoms with Crippen molar-refractivity contribution in [3.8, 4) is 0 Å². The molecule has 42 heavy (non-hydrogen) atoms. The molecule has 0 aliphatic carbocycles. The van der Waals surface area contributed by atoms with Crippen LogP contribution in [-0.2, 0) is 30.5 Å². The zero-order chi connectivity index (χ0) is 30.6. The molecule has 0 bridgehead atoms. The number of hydrogen-bond donors (Lipinski definition) is 0. The molecule has 0 saturated carbocycles. The average molecular weight is 601 g/mol. The molecule has 0 aliphatic heterocycles. The molecule has 0 radical (unpaired) electrons. The first-order valence-electron chi connectivity index (χ1n) is 15.0. The second-order valence-electron chi connectivity index (χ2n) is 10.3. The van der Waals surface area contributed by atoms with Crippen LogP contribution in [-0.4, -0.2) is 44.6 Å². The Morgan fingerprint density at radius 1 is 0.476 bits per heavy atom. The Balaban J connectivity index is 0.000000230. The van der Waals surface area contributed by atoms with Gasteiger partial charge in [0, 0.05) is 37.8 Å². The number of aryl methyl sites for hydroxylation is 4. The predicted molar refractivity (Wildman–Crippen MR) is 181 cm³/mol. The molecule has 0 aliphatic rings. The molecule has 0 saturated heterocycles. The van der Waals surface area contributed by atoms with E-state index in [0.29, 0.717) is 13.2 Å². The quantitative estimate of drug-likeness (QED) is 0.199. The molecule has 224 valence electrons. The number of rotatable bonds is 12. The van der Waals surface area contributed by atoms with E-state index in [4.69, 9.17) is 17.7 Å². The predicted octanol–water partition coefficient (Wildman–Crippen LogP) is 5.59. The van der Waals surface area contributed by atoms with Gasteiger partial charge in [-0.2, -0.15) is 0 Å². The maximum absolute atomic E-state index is 6.24. The van der Waals surface area contributed by atoms with Crippen LogP contribution in [0.4, 0.5) is 0 Å². The zero-order valence-corrected chi connectivity index (χ0v) is 28.7. The lowest BCUT2D eigenvalue weighted by Crippen LogP contribution is -2.64. The lowest BCUT2D eigenvalue weighted by atomic mass is 10.2. The van der Waals surface area contributed by atoms with Crippen LogP contribution < -0.4 is 20.7 Å². The third kappa shape index (κ3) is 7.37. The molecule has 4 nitrogen and oxygen atoms in total. The SMILES string of the molecule is CCO[Si](OCC)(c1ccc(C)cc1)c1ccc(C)cc1.CCc1ccccc1[Si](OC)(OC)c1ccccc1CC. The fraction of sp³-hybridized carbons (Fsp3) is 0.333. The van der Waals surface area contributed by atoms with Crippen molar-refractivity contribution in [2.45, 2.75) is 54.4 Å². The van der Waals surface area contributed by atoms with Crippen molar-refractivity contribution in [2.75, 3.05) is 27.4 Å². The maximum atomic E-state index is 6.24. The van der Waals surface area contributed by atoms with Gasteiger partial charge < -0.3 is 17.7 Å². The van der Waals surface area contributed by atoms with Crippen molar-refractivity contribution in [1.29, 1.82) is 0 Å². The van der Waals surface area contributed by atoms with Gasteiger partial charge in [-0.25, -0.2) is 0 Å². The van der Waals surface area contributed by atoms with E-state index in [1.54, 1.807) is 14.2 Å². The second-order valence-corrected chi connectivity index (χ2v) is 16.4. The van der Waals surface area contributed by atoms with E-state index in [-0.39, 0.29) is 0 Å². The van der Waals surface area contributed by atoms with E-state index in [2.05, 4.69) is 125 Å². The van der Waals surface area contributed by atoms with E-state index in [9.17, 15) is 0 Å². The fourth-order valence-electron chi connectivity index (χ4n) is 5.46. The third-order valence-electron chi connectivity index (χ3n) is 7.64. The zero-order valence-electron chi connectivity index (χ0n) is 26.7. The summed E-state index contributed by atoms with van der Waals surface area (Å²) in [5, 5.41) is 4.78. The standard InChI is InChI=1S/2C18H24O2Si/c1-5-19-21(20-6-2,17-11-7-15(3)8-12-17)18-13-9-16(4)10-14-18;1-5-15-11-7-9-13-17(15)21(19-3,20-4)18-14-10-8-12-16(18)6-2/h2*7-14H,5-6H2,1-4H3. The molecule has 4 aromatic rings.